The summed E-state index contributed by atoms with van der Waals surface area (Å²) in [6, 6.07) is 17.1. The first kappa shape index (κ1) is 17.0. The van der Waals surface area contributed by atoms with Gasteiger partial charge in [0.25, 0.3) is 0 Å². The zero-order valence-electron chi connectivity index (χ0n) is 15.2. The number of nitrogens with zero attached hydrogens (tertiary/aromatic N) is 4. The van der Waals surface area contributed by atoms with E-state index in [4.69, 9.17) is 0 Å². The quantitative estimate of drug-likeness (QED) is 0.685. The van der Waals surface area contributed by atoms with E-state index in [-0.39, 0.29) is 0 Å². The van der Waals surface area contributed by atoms with E-state index in [0.29, 0.717) is 0 Å². The van der Waals surface area contributed by atoms with Crippen LogP contribution >= 0.6 is 0 Å². The molecular weight excluding hydrogens is 320 g/mol. The SMILES string of the molecule is c1ccc(Cn2ccc(CN3CCN(Cc4cccnc4)CC3)c2)cc1. The zero-order valence-corrected chi connectivity index (χ0v) is 15.2. The molecule has 0 aliphatic carbocycles. The van der Waals surface area contributed by atoms with Gasteiger partial charge in [-0.25, -0.2) is 0 Å². The topological polar surface area (TPSA) is 24.3 Å². The van der Waals surface area contributed by atoms with Crippen molar-refractivity contribution in [1.29, 1.82) is 0 Å². The monoisotopic (exact) mass is 346 g/mol. The van der Waals surface area contributed by atoms with Gasteiger partial charge in [-0.15, -0.1) is 0 Å². The fraction of sp³-hybridized carbons (Fsp3) is 0.318. The number of hydrogen-bond acceptors (Lipinski definition) is 3. The minimum Gasteiger partial charge on any atom is -0.350 e. The molecule has 0 amide bonds. The van der Waals surface area contributed by atoms with E-state index in [1.54, 1.807) is 0 Å². The smallest absolute Gasteiger partial charge is 0.0470 e. The Morgan fingerprint density at radius 3 is 2.08 bits per heavy atom. The Morgan fingerprint density at radius 2 is 1.38 bits per heavy atom. The molecular formula is C22H26N4. The van der Waals surface area contributed by atoms with Gasteiger partial charge in [0.2, 0.25) is 0 Å². The molecule has 134 valence electrons. The predicted octanol–water partition coefficient (Wildman–Crippen LogP) is 3.25. The van der Waals surface area contributed by atoms with Crippen LogP contribution in [0.15, 0.2) is 73.3 Å². The highest BCUT2D eigenvalue weighted by molar-refractivity contribution is 5.17. The van der Waals surface area contributed by atoms with Crippen molar-refractivity contribution in [3.05, 3.63) is 90.0 Å². The molecule has 1 aliphatic rings. The summed E-state index contributed by atoms with van der Waals surface area (Å²) in [7, 11) is 0. The molecule has 0 unspecified atom stereocenters. The summed E-state index contributed by atoms with van der Waals surface area (Å²) >= 11 is 0. The molecule has 0 spiro atoms. The van der Waals surface area contributed by atoms with Crippen LogP contribution in [0.3, 0.4) is 0 Å². The molecule has 0 atom stereocenters. The standard InChI is InChI=1S/C22H26N4/c1-2-5-20(6-3-1)16-26-10-8-22(19-26)18-25-13-11-24(12-14-25)17-21-7-4-9-23-15-21/h1-10,15,19H,11-14,16-18H2. The number of pyridine rings is 1. The predicted molar refractivity (Wildman–Crippen MR) is 105 cm³/mol. The maximum absolute atomic E-state index is 4.21. The molecule has 4 heteroatoms. The van der Waals surface area contributed by atoms with Crippen molar-refractivity contribution in [2.45, 2.75) is 19.6 Å². The molecule has 4 rings (SSSR count). The Balaban J connectivity index is 1.26. The Hall–Kier alpha value is -2.43. The highest BCUT2D eigenvalue weighted by Gasteiger charge is 2.17. The zero-order chi connectivity index (χ0) is 17.6. The summed E-state index contributed by atoms with van der Waals surface area (Å²) in [6.45, 7) is 7.50. The summed E-state index contributed by atoms with van der Waals surface area (Å²) in [5, 5.41) is 0. The van der Waals surface area contributed by atoms with Crippen molar-refractivity contribution >= 4 is 0 Å². The normalized spacial score (nSPS) is 16.0. The van der Waals surface area contributed by atoms with Crippen molar-refractivity contribution in [1.82, 2.24) is 19.4 Å². The van der Waals surface area contributed by atoms with E-state index in [0.717, 1.165) is 45.8 Å². The molecule has 0 radical (unpaired) electrons. The third-order valence-corrected chi connectivity index (χ3v) is 5.02. The van der Waals surface area contributed by atoms with Crippen molar-refractivity contribution in [2.75, 3.05) is 26.2 Å². The Kier molecular flexibility index (Phi) is 5.43. The van der Waals surface area contributed by atoms with Crippen LogP contribution in [0.4, 0.5) is 0 Å². The molecule has 2 aromatic heterocycles. The molecule has 3 aromatic rings. The van der Waals surface area contributed by atoms with E-state index in [1.165, 1.54) is 16.7 Å². The number of hydrogen-bond donors (Lipinski definition) is 0. The summed E-state index contributed by atoms with van der Waals surface area (Å²) in [5.74, 6) is 0. The molecule has 1 saturated heterocycles. The Labute approximate surface area is 155 Å². The first-order chi connectivity index (χ1) is 12.8. The summed E-state index contributed by atoms with van der Waals surface area (Å²) in [4.78, 5) is 9.29. The van der Waals surface area contributed by atoms with Crippen LogP contribution in [-0.2, 0) is 19.6 Å². The van der Waals surface area contributed by atoms with Gasteiger partial charge >= 0.3 is 0 Å². The highest BCUT2D eigenvalue weighted by atomic mass is 15.3. The molecule has 26 heavy (non-hydrogen) atoms. The maximum atomic E-state index is 4.21. The van der Waals surface area contributed by atoms with E-state index in [1.807, 2.05) is 18.5 Å². The van der Waals surface area contributed by atoms with Crippen LogP contribution < -0.4 is 0 Å². The second-order valence-electron chi connectivity index (χ2n) is 7.09. The van der Waals surface area contributed by atoms with Crippen LogP contribution in [0.1, 0.15) is 16.7 Å². The van der Waals surface area contributed by atoms with Gasteiger partial charge in [-0.3, -0.25) is 14.8 Å². The van der Waals surface area contributed by atoms with Crippen LogP contribution in [0.5, 0.6) is 0 Å². The molecule has 4 nitrogen and oxygen atoms in total. The van der Waals surface area contributed by atoms with Crippen LogP contribution in [-0.4, -0.2) is 45.5 Å². The third kappa shape index (κ3) is 4.59. The molecule has 3 heterocycles. The van der Waals surface area contributed by atoms with E-state index >= 15 is 0 Å². The highest BCUT2D eigenvalue weighted by Crippen LogP contribution is 2.12. The van der Waals surface area contributed by atoms with E-state index in [9.17, 15) is 0 Å². The number of aromatic nitrogens is 2. The van der Waals surface area contributed by atoms with Gasteiger partial charge in [-0.1, -0.05) is 36.4 Å². The van der Waals surface area contributed by atoms with Gasteiger partial charge in [0.05, 0.1) is 0 Å². The number of piperazine rings is 1. The largest absolute Gasteiger partial charge is 0.350 e. The van der Waals surface area contributed by atoms with Gasteiger partial charge in [0.15, 0.2) is 0 Å². The summed E-state index contributed by atoms with van der Waals surface area (Å²) in [5.41, 5.74) is 4.05. The molecule has 0 saturated carbocycles. The summed E-state index contributed by atoms with van der Waals surface area (Å²) in [6.07, 6.45) is 8.29. The van der Waals surface area contributed by atoms with Crippen LogP contribution in [0.25, 0.3) is 0 Å². The van der Waals surface area contributed by atoms with E-state index < -0.39 is 0 Å². The molecule has 1 aromatic carbocycles. The number of benzene rings is 1. The van der Waals surface area contributed by atoms with Gasteiger partial charge < -0.3 is 4.57 Å². The van der Waals surface area contributed by atoms with Gasteiger partial charge in [-0.2, -0.15) is 0 Å². The second kappa shape index (κ2) is 8.30. The molecule has 1 fully saturated rings. The van der Waals surface area contributed by atoms with Gasteiger partial charge in [0.1, 0.15) is 0 Å². The van der Waals surface area contributed by atoms with Gasteiger partial charge in [-0.05, 0) is 28.8 Å². The maximum Gasteiger partial charge on any atom is 0.0470 e. The average molecular weight is 346 g/mol. The lowest BCUT2D eigenvalue weighted by Gasteiger charge is -2.34. The van der Waals surface area contributed by atoms with E-state index in [2.05, 4.69) is 74.2 Å². The average Bonchev–Trinajstić information content (AvgIpc) is 3.12. The lowest BCUT2D eigenvalue weighted by atomic mass is 10.2. The molecule has 0 bridgehead atoms. The van der Waals surface area contributed by atoms with Crippen LogP contribution in [0.2, 0.25) is 0 Å². The number of rotatable bonds is 6. The molecule has 0 N–H and O–H groups in total. The fourth-order valence-electron chi connectivity index (χ4n) is 3.59. The fourth-order valence-corrected chi connectivity index (χ4v) is 3.59. The third-order valence-electron chi connectivity index (χ3n) is 5.02. The first-order valence-corrected chi connectivity index (χ1v) is 9.37. The van der Waals surface area contributed by atoms with Gasteiger partial charge in [0, 0.05) is 70.6 Å². The van der Waals surface area contributed by atoms with Crippen molar-refractivity contribution < 1.29 is 0 Å². The minimum absolute atomic E-state index is 0.944. The van der Waals surface area contributed by atoms with Crippen molar-refractivity contribution in [3.63, 3.8) is 0 Å². The lowest BCUT2D eigenvalue weighted by molar-refractivity contribution is 0.122. The summed E-state index contributed by atoms with van der Waals surface area (Å²) < 4.78 is 2.28. The van der Waals surface area contributed by atoms with Crippen LogP contribution in [0, 0.1) is 0 Å². The van der Waals surface area contributed by atoms with Crippen molar-refractivity contribution in [2.24, 2.45) is 0 Å². The minimum atomic E-state index is 0.944. The first-order valence-electron chi connectivity index (χ1n) is 9.37. The Bertz CT molecular complexity index is 789. The van der Waals surface area contributed by atoms with Crippen molar-refractivity contribution in [3.8, 4) is 0 Å². The lowest BCUT2D eigenvalue weighted by Crippen LogP contribution is -2.45. The molecule has 1 aliphatic heterocycles. The second-order valence-corrected chi connectivity index (χ2v) is 7.09. The Morgan fingerprint density at radius 1 is 0.692 bits per heavy atom.